The Kier molecular flexibility index (Phi) is 11.6. The fraction of sp³-hybridized carbons (Fsp3) is 0. The summed E-state index contributed by atoms with van der Waals surface area (Å²) in [5, 5.41) is 0. The van der Waals surface area contributed by atoms with Gasteiger partial charge in [0.2, 0.25) is 0 Å². The Balaban J connectivity index is 0. The summed E-state index contributed by atoms with van der Waals surface area (Å²) in [4.78, 5) is 0. The molecule has 1 rings (SSSR count). The van der Waals surface area contributed by atoms with Crippen molar-refractivity contribution >= 4 is 17.0 Å². The van der Waals surface area contributed by atoms with Gasteiger partial charge in [0.1, 0.15) is 0 Å². The van der Waals surface area contributed by atoms with Gasteiger partial charge in [-0.2, -0.15) is 24.6 Å². The molecule has 1 aromatic rings. The Hall–Kier alpha value is 0.123. The molecular weight excluding hydrogens is 248 g/mol. The van der Waals surface area contributed by atoms with Crippen molar-refractivity contribution < 1.29 is 22.1 Å². The summed E-state index contributed by atoms with van der Waals surface area (Å²) in [6.07, 6.45) is 0. The maximum absolute atomic E-state index is 9.62. The third kappa shape index (κ3) is 6.25. The molecule has 0 spiro atoms. The Bertz CT molecular complexity index is 144. The van der Waals surface area contributed by atoms with Gasteiger partial charge in [0.05, 0.1) is 0 Å². The fourth-order valence-corrected chi connectivity index (χ4v) is 0.478. The Morgan fingerprint density at radius 3 is 1.70 bits per heavy atom. The second kappa shape index (κ2) is 9.12. The zero-order valence-electron chi connectivity index (χ0n) is 5.59. The third-order valence-electron chi connectivity index (χ3n) is 0.843. The maximum atomic E-state index is 9.62. The van der Waals surface area contributed by atoms with E-state index in [0.29, 0.717) is 0 Å². The topological polar surface area (TPSA) is 0 Å². The van der Waals surface area contributed by atoms with Gasteiger partial charge in [-0.05, 0) is 0 Å². The second-order valence-electron chi connectivity index (χ2n) is 1.49. The van der Waals surface area contributed by atoms with Crippen LogP contribution in [-0.2, 0) is 18.8 Å². The van der Waals surface area contributed by atoms with E-state index < -0.39 is 0 Å². The molecule has 0 aliphatic heterocycles. The van der Waals surface area contributed by atoms with E-state index in [-0.39, 0.29) is 35.8 Å². The quantitative estimate of drug-likeness (QED) is 0.494. The molecule has 0 bridgehead atoms. The summed E-state index contributed by atoms with van der Waals surface area (Å²) in [6, 6.07) is 9.87. The van der Waals surface area contributed by atoms with Crippen molar-refractivity contribution in [1.29, 1.82) is 0 Å². The van der Waals surface area contributed by atoms with Crippen molar-refractivity contribution in [3.05, 3.63) is 42.8 Å². The molecule has 52 valence electrons. The predicted octanol–water partition coefficient (Wildman–Crippen LogP) is 2.86. The van der Waals surface area contributed by atoms with E-state index in [4.69, 9.17) is 0 Å². The molecule has 3 heteroatoms. The molecule has 0 atom stereocenters. The summed E-state index contributed by atoms with van der Waals surface area (Å²) in [5.41, 5.74) is 1.07. The van der Waals surface area contributed by atoms with Crippen LogP contribution in [0.2, 0.25) is 0 Å². The first-order valence-corrected chi connectivity index (χ1v) is 3.65. The summed E-state index contributed by atoms with van der Waals surface area (Å²) in [5.74, 6) is 0. The van der Waals surface area contributed by atoms with Gasteiger partial charge in [-0.1, -0.05) is 6.07 Å². The molecule has 0 aliphatic carbocycles. The molecular formula is C7H8BrFZn. The number of hydrogen-bond acceptors (Lipinski definition) is 0. The SMILES string of the molecule is Br.[CH2-]c1ccccc1.[F][Zn+]. The predicted molar refractivity (Wildman–Crippen MR) is 42.3 cm³/mol. The van der Waals surface area contributed by atoms with Gasteiger partial charge in [0.25, 0.3) is 0 Å². The van der Waals surface area contributed by atoms with Gasteiger partial charge < -0.3 is 0 Å². The minimum atomic E-state index is -0.125. The molecule has 0 N–H and O–H groups in total. The van der Waals surface area contributed by atoms with Gasteiger partial charge in [-0.15, -0.1) is 29.1 Å². The fourth-order valence-electron chi connectivity index (χ4n) is 0.478. The van der Waals surface area contributed by atoms with Crippen molar-refractivity contribution in [2.45, 2.75) is 0 Å². The van der Waals surface area contributed by atoms with E-state index in [9.17, 15) is 3.32 Å². The normalized spacial score (nSPS) is 6.70. The van der Waals surface area contributed by atoms with Crippen LogP contribution in [0.1, 0.15) is 5.56 Å². The Morgan fingerprint density at radius 1 is 1.10 bits per heavy atom. The van der Waals surface area contributed by atoms with Crippen molar-refractivity contribution in [3.63, 3.8) is 0 Å². The Labute approximate surface area is 81.9 Å². The zero-order chi connectivity index (χ0) is 7.11. The standard InChI is InChI=1S/C7H7.BrH.FH.Zn/c1-7-5-3-2-4-6-7;;;/h2-6H,1H2;2*1H;/q-1;;;+2/p-1. The van der Waals surface area contributed by atoms with E-state index in [1.807, 2.05) is 30.3 Å². The first-order chi connectivity index (χ1) is 4.39. The number of hydrogen-bond donors (Lipinski definition) is 0. The second-order valence-corrected chi connectivity index (χ2v) is 1.49. The van der Waals surface area contributed by atoms with Crippen LogP contribution in [-0.4, -0.2) is 0 Å². The molecule has 0 aromatic heterocycles. The molecule has 0 heterocycles. The van der Waals surface area contributed by atoms with E-state index in [0.717, 1.165) is 5.56 Å². The molecule has 0 amide bonds. The Morgan fingerprint density at radius 2 is 1.50 bits per heavy atom. The summed E-state index contributed by atoms with van der Waals surface area (Å²) >= 11 is -0.125. The van der Waals surface area contributed by atoms with Crippen LogP contribution < -0.4 is 0 Å². The molecule has 0 saturated heterocycles. The molecule has 0 nitrogen and oxygen atoms in total. The molecule has 0 unspecified atom stereocenters. The van der Waals surface area contributed by atoms with E-state index in [2.05, 4.69) is 6.92 Å². The molecule has 1 aromatic carbocycles. The average molecular weight is 256 g/mol. The van der Waals surface area contributed by atoms with Gasteiger partial charge in [-0.3, -0.25) is 0 Å². The molecule has 10 heavy (non-hydrogen) atoms. The van der Waals surface area contributed by atoms with E-state index >= 15 is 0 Å². The third-order valence-corrected chi connectivity index (χ3v) is 0.843. The van der Waals surface area contributed by atoms with Gasteiger partial charge in [-0.25, -0.2) is 0 Å². The first-order valence-electron chi connectivity index (χ1n) is 2.53. The average Bonchev–Trinajstić information content (AvgIpc) is 1.94. The van der Waals surface area contributed by atoms with Crippen LogP contribution in [0, 0.1) is 6.92 Å². The molecule has 0 fully saturated rings. The van der Waals surface area contributed by atoms with Crippen LogP contribution in [0.25, 0.3) is 0 Å². The first kappa shape index (κ1) is 12.8. The minimum absolute atomic E-state index is 0. The number of rotatable bonds is 0. The number of halogens is 2. The van der Waals surface area contributed by atoms with Crippen LogP contribution in [0.15, 0.2) is 30.3 Å². The molecule has 0 aliphatic rings. The number of benzene rings is 1. The summed E-state index contributed by atoms with van der Waals surface area (Å²) in [6.45, 7) is 3.72. The van der Waals surface area contributed by atoms with Crippen LogP contribution in [0.3, 0.4) is 0 Å². The van der Waals surface area contributed by atoms with Crippen molar-refractivity contribution in [2.75, 3.05) is 0 Å². The van der Waals surface area contributed by atoms with Crippen molar-refractivity contribution in [3.8, 4) is 0 Å². The van der Waals surface area contributed by atoms with Gasteiger partial charge >= 0.3 is 22.1 Å². The zero-order valence-corrected chi connectivity index (χ0v) is 10.3. The molecule has 0 saturated carbocycles. The molecule has 0 radical (unpaired) electrons. The van der Waals surface area contributed by atoms with Crippen LogP contribution in [0.4, 0.5) is 3.32 Å². The van der Waals surface area contributed by atoms with E-state index in [1.54, 1.807) is 0 Å². The van der Waals surface area contributed by atoms with Crippen molar-refractivity contribution in [2.24, 2.45) is 0 Å². The van der Waals surface area contributed by atoms with Crippen molar-refractivity contribution in [1.82, 2.24) is 0 Å². The van der Waals surface area contributed by atoms with Gasteiger partial charge in [0.15, 0.2) is 0 Å². The van der Waals surface area contributed by atoms with Crippen LogP contribution >= 0.6 is 17.0 Å². The monoisotopic (exact) mass is 254 g/mol. The van der Waals surface area contributed by atoms with E-state index in [1.165, 1.54) is 0 Å². The van der Waals surface area contributed by atoms with Crippen LogP contribution in [0.5, 0.6) is 0 Å². The summed E-state index contributed by atoms with van der Waals surface area (Å²) in [7, 11) is 0. The summed E-state index contributed by atoms with van der Waals surface area (Å²) < 4.78 is 9.62. The van der Waals surface area contributed by atoms with Gasteiger partial charge in [0, 0.05) is 0 Å².